The fourth-order valence-electron chi connectivity index (χ4n) is 2.81. The number of carbonyl (C=O) groups is 1. The van der Waals surface area contributed by atoms with Crippen LogP contribution in [0.25, 0.3) is 0 Å². The molecule has 5 N–H and O–H groups in total. The van der Waals surface area contributed by atoms with Crippen molar-refractivity contribution in [1.29, 1.82) is 0 Å². The molecule has 0 aliphatic rings. The third-order valence-electron chi connectivity index (χ3n) is 4.67. The molecule has 2 rings (SSSR count). The number of carboxylic acid groups (broad SMARTS) is 1. The van der Waals surface area contributed by atoms with Gasteiger partial charge >= 0.3 is 5.97 Å². The number of aliphatic hydroxyl groups excluding tert-OH is 2. The first-order valence-corrected chi connectivity index (χ1v) is 9.81. The van der Waals surface area contributed by atoms with Gasteiger partial charge in [0.2, 0.25) is 0 Å². The molecule has 164 valence electrons. The summed E-state index contributed by atoms with van der Waals surface area (Å²) in [6.45, 7) is 7.34. The minimum absolute atomic E-state index is 0.113. The first-order valence-electron chi connectivity index (χ1n) is 9.81. The zero-order valence-electron chi connectivity index (χ0n) is 17.9. The third-order valence-corrected chi connectivity index (χ3v) is 4.67. The second kappa shape index (κ2) is 11.4. The Kier molecular flexibility index (Phi) is 9.56. The first kappa shape index (κ1) is 25.2. The highest BCUT2D eigenvalue weighted by atomic mass is 16.4. The lowest BCUT2D eigenvalue weighted by atomic mass is 9.78. The number of rotatable bonds is 7. The molecule has 0 aliphatic heterocycles. The molecule has 6 heteroatoms. The SMILES string of the molecule is CC(C)(c1ccc(O)cc1)c1ccc(O)cc1.CC(O)C/C=C(\CC(C)O)C(=O)O. The van der Waals surface area contributed by atoms with Crippen LogP contribution in [0.2, 0.25) is 0 Å². The Balaban J connectivity index is 0.000000314. The van der Waals surface area contributed by atoms with Crippen molar-refractivity contribution in [1.82, 2.24) is 0 Å². The number of aliphatic hydroxyl groups is 2. The van der Waals surface area contributed by atoms with E-state index in [1.54, 1.807) is 31.2 Å². The van der Waals surface area contributed by atoms with Crippen molar-refractivity contribution in [2.45, 2.75) is 58.2 Å². The molecule has 0 fully saturated rings. The normalized spacial score (nSPS) is 13.7. The van der Waals surface area contributed by atoms with Gasteiger partial charge in [-0.3, -0.25) is 0 Å². The summed E-state index contributed by atoms with van der Waals surface area (Å²) in [5.41, 5.74) is 2.25. The van der Waals surface area contributed by atoms with E-state index in [9.17, 15) is 15.0 Å². The summed E-state index contributed by atoms with van der Waals surface area (Å²) in [5.74, 6) is -0.493. The van der Waals surface area contributed by atoms with Crippen LogP contribution in [0.3, 0.4) is 0 Å². The van der Waals surface area contributed by atoms with E-state index in [1.165, 1.54) is 13.0 Å². The Labute approximate surface area is 177 Å². The third kappa shape index (κ3) is 8.27. The van der Waals surface area contributed by atoms with E-state index in [2.05, 4.69) is 13.8 Å². The zero-order valence-corrected chi connectivity index (χ0v) is 17.9. The fourth-order valence-corrected chi connectivity index (χ4v) is 2.81. The second-order valence-corrected chi connectivity index (χ2v) is 7.89. The molecule has 0 saturated heterocycles. The molecule has 2 unspecified atom stereocenters. The molecule has 2 aromatic carbocycles. The minimum Gasteiger partial charge on any atom is -0.508 e. The molecule has 0 aromatic heterocycles. The Morgan fingerprint density at radius 1 is 0.867 bits per heavy atom. The largest absolute Gasteiger partial charge is 0.508 e. The molecule has 2 atom stereocenters. The summed E-state index contributed by atoms with van der Waals surface area (Å²) >= 11 is 0. The van der Waals surface area contributed by atoms with Crippen molar-refractivity contribution in [3.05, 3.63) is 71.3 Å². The van der Waals surface area contributed by atoms with Gasteiger partial charge in [-0.05, 0) is 55.7 Å². The fraction of sp³-hybridized carbons (Fsp3) is 0.375. The van der Waals surface area contributed by atoms with Gasteiger partial charge in [0.25, 0.3) is 0 Å². The molecule has 0 spiro atoms. The van der Waals surface area contributed by atoms with Gasteiger partial charge in [-0.2, -0.15) is 0 Å². The van der Waals surface area contributed by atoms with Crippen LogP contribution in [0.1, 0.15) is 51.7 Å². The highest BCUT2D eigenvalue weighted by Gasteiger charge is 2.22. The van der Waals surface area contributed by atoms with Crippen molar-refractivity contribution in [2.75, 3.05) is 0 Å². The van der Waals surface area contributed by atoms with Crippen LogP contribution in [-0.2, 0) is 10.2 Å². The molecule has 30 heavy (non-hydrogen) atoms. The van der Waals surface area contributed by atoms with Gasteiger partial charge in [0.15, 0.2) is 0 Å². The minimum atomic E-state index is -1.04. The van der Waals surface area contributed by atoms with Crippen LogP contribution in [-0.4, -0.2) is 43.7 Å². The van der Waals surface area contributed by atoms with Crippen LogP contribution in [0.15, 0.2) is 60.2 Å². The maximum atomic E-state index is 10.6. The van der Waals surface area contributed by atoms with E-state index in [-0.39, 0.29) is 28.9 Å². The van der Waals surface area contributed by atoms with Crippen LogP contribution in [0, 0.1) is 0 Å². The number of hydrogen-bond donors (Lipinski definition) is 5. The standard InChI is InChI=1S/C15H16O2.C9H16O4/c1-15(2,11-3-7-13(16)8-4-11)12-5-9-14(17)10-6-12;1-6(10)3-4-8(9(12)13)5-7(2)11/h3-10,16-17H,1-2H3;4,6-7,10-11H,3,5H2,1-2H3,(H,12,13)/b;8-4+. The Hall–Kier alpha value is -2.83. The molecular weight excluding hydrogens is 384 g/mol. The van der Waals surface area contributed by atoms with Gasteiger partial charge in [-0.25, -0.2) is 4.79 Å². The average molecular weight is 417 g/mol. The Morgan fingerprint density at radius 2 is 1.27 bits per heavy atom. The summed E-state index contributed by atoms with van der Waals surface area (Å²) in [6.07, 6.45) is 0.635. The highest BCUT2D eigenvalue weighted by Crippen LogP contribution is 2.32. The lowest BCUT2D eigenvalue weighted by Gasteiger charge is -2.26. The maximum Gasteiger partial charge on any atom is 0.331 e. The van der Waals surface area contributed by atoms with E-state index in [0.29, 0.717) is 6.42 Å². The number of aromatic hydroxyl groups is 2. The number of carboxylic acids is 1. The molecular formula is C24H32O6. The van der Waals surface area contributed by atoms with E-state index in [4.69, 9.17) is 15.3 Å². The van der Waals surface area contributed by atoms with Gasteiger partial charge in [-0.1, -0.05) is 44.2 Å². The molecule has 0 saturated carbocycles. The van der Waals surface area contributed by atoms with E-state index >= 15 is 0 Å². The summed E-state index contributed by atoms with van der Waals surface area (Å²) in [5, 5.41) is 45.2. The molecule has 0 bridgehead atoms. The molecule has 0 radical (unpaired) electrons. The van der Waals surface area contributed by atoms with Gasteiger partial charge in [0.1, 0.15) is 11.5 Å². The van der Waals surface area contributed by atoms with Gasteiger partial charge in [0, 0.05) is 17.4 Å². The van der Waals surface area contributed by atoms with Crippen molar-refractivity contribution in [2.24, 2.45) is 0 Å². The average Bonchev–Trinajstić information content (AvgIpc) is 2.66. The smallest absolute Gasteiger partial charge is 0.331 e. The number of phenolic OH excluding ortho intramolecular Hbond substituents is 2. The van der Waals surface area contributed by atoms with Gasteiger partial charge in [-0.15, -0.1) is 0 Å². The van der Waals surface area contributed by atoms with E-state index in [1.807, 2.05) is 24.3 Å². The predicted molar refractivity (Wildman–Crippen MR) is 117 cm³/mol. The van der Waals surface area contributed by atoms with Gasteiger partial charge in [0.05, 0.1) is 12.2 Å². The second-order valence-electron chi connectivity index (χ2n) is 7.89. The highest BCUT2D eigenvalue weighted by molar-refractivity contribution is 5.86. The zero-order chi connectivity index (χ0) is 22.9. The van der Waals surface area contributed by atoms with Crippen LogP contribution in [0.4, 0.5) is 0 Å². The lowest BCUT2D eigenvalue weighted by Crippen LogP contribution is -2.18. The van der Waals surface area contributed by atoms with Crippen LogP contribution < -0.4 is 0 Å². The van der Waals surface area contributed by atoms with E-state index in [0.717, 1.165) is 11.1 Å². The molecule has 6 nitrogen and oxygen atoms in total. The predicted octanol–water partition coefficient (Wildman–Crippen LogP) is 3.96. The first-order chi connectivity index (χ1) is 13.9. The van der Waals surface area contributed by atoms with Crippen molar-refractivity contribution < 1.29 is 30.3 Å². The summed E-state index contributed by atoms with van der Waals surface area (Å²) in [7, 11) is 0. The number of phenols is 2. The van der Waals surface area contributed by atoms with Crippen molar-refractivity contribution in [3.8, 4) is 11.5 Å². The number of hydrogen-bond acceptors (Lipinski definition) is 5. The van der Waals surface area contributed by atoms with Crippen LogP contribution >= 0.6 is 0 Å². The van der Waals surface area contributed by atoms with Crippen LogP contribution in [0.5, 0.6) is 11.5 Å². The summed E-state index contributed by atoms with van der Waals surface area (Å²) < 4.78 is 0. The summed E-state index contributed by atoms with van der Waals surface area (Å²) in [6, 6.07) is 14.4. The van der Waals surface area contributed by atoms with E-state index < -0.39 is 18.2 Å². The number of benzene rings is 2. The molecule has 0 amide bonds. The lowest BCUT2D eigenvalue weighted by molar-refractivity contribution is -0.133. The van der Waals surface area contributed by atoms with Crippen molar-refractivity contribution in [3.63, 3.8) is 0 Å². The molecule has 2 aromatic rings. The Morgan fingerprint density at radius 3 is 1.57 bits per heavy atom. The quantitative estimate of drug-likeness (QED) is 0.436. The monoisotopic (exact) mass is 416 g/mol. The summed E-state index contributed by atoms with van der Waals surface area (Å²) in [4.78, 5) is 10.6. The Bertz CT molecular complexity index is 770. The topological polar surface area (TPSA) is 118 Å². The van der Waals surface area contributed by atoms with Crippen molar-refractivity contribution >= 4 is 5.97 Å². The molecule has 0 heterocycles. The molecule has 0 aliphatic carbocycles. The van der Waals surface area contributed by atoms with Gasteiger partial charge < -0.3 is 25.5 Å². The maximum absolute atomic E-state index is 10.6. The number of aliphatic carboxylic acids is 1.